The Hall–Kier alpha value is 0. The average molecular weight is 669 g/mol. The second-order valence-electron chi connectivity index (χ2n) is 22.1. The molecule has 0 aromatic heterocycles. The molecule has 10 aliphatic rings. The SMILES string of the molecule is C1CCC(C2CCC(C3CC(C4CCC5CCCCC5C4)CC(C4CCC5CCCCC5C4)C3)C3C2CC2CCC4CCCCC4C23)CC1. The third kappa shape index (κ3) is 6.50. The number of hydrogen-bond acceptors (Lipinski definition) is 0. The lowest BCUT2D eigenvalue weighted by atomic mass is 9.50. The predicted octanol–water partition coefficient (Wildman–Crippen LogP) is 14.3. The lowest BCUT2D eigenvalue weighted by Gasteiger charge is -2.55. The fourth-order valence-corrected chi connectivity index (χ4v) is 18.5. The molecule has 0 spiro atoms. The van der Waals surface area contributed by atoms with Gasteiger partial charge in [-0.1, -0.05) is 103 Å². The lowest BCUT2D eigenvalue weighted by molar-refractivity contribution is -0.0555. The topological polar surface area (TPSA) is 0 Å². The Morgan fingerprint density at radius 1 is 0.163 bits per heavy atom. The van der Waals surface area contributed by atoms with Crippen LogP contribution in [0.2, 0.25) is 0 Å². The molecule has 276 valence electrons. The highest BCUT2D eigenvalue weighted by Gasteiger charge is 2.59. The molecular weight excluding hydrogens is 589 g/mol. The lowest BCUT2D eigenvalue weighted by Crippen LogP contribution is -2.47. The quantitative estimate of drug-likeness (QED) is 0.280. The maximum Gasteiger partial charge on any atom is -0.0318 e. The van der Waals surface area contributed by atoms with Gasteiger partial charge in [0.2, 0.25) is 0 Å². The Bertz CT molecular complexity index is 1040. The van der Waals surface area contributed by atoms with Gasteiger partial charge >= 0.3 is 0 Å². The van der Waals surface area contributed by atoms with E-state index >= 15 is 0 Å². The van der Waals surface area contributed by atoms with Crippen LogP contribution in [-0.4, -0.2) is 0 Å². The van der Waals surface area contributed by atoms with Crippen LogP contribution in [-0.2, 0) is 0 Å². The van der Waals surface area contributed by atoms with Crippen LogP contribution in [0.4, 0.5) is 0 Å². The average Bonchev–Trinajstić information content (AvgIpc) is 3.58. The summed E-state index contributed by atoms with van der Waals surface area (Å²) in [6, 6.07) is 0. The molecule has 10 fully saturated rings. The highest BCUT2D eigenvalue weighted by Crippen LogP contribution is 2.66. The minimum Gasteiger partial charge on any atom is -0.0533 e. The van der Waals surface area contributed by atoms with Crippen LogP contribution in [0.3, 0.4) is 0 Å². The molecule has 0 radical (unpaired) electrons. The van der Waals surface area contributed by atoms with E-state index in [1.54, 1.807) is 199 Å². The fraction of sp³-hybridized carbons (Fsp3) is 1.00. The zero-order valence-corrected chi connectivity index (χ0v) is 32.3. The monoisotopic (exact) mass is 669 g/mol. The van der Waals surface area contributed by atoms with E-state index < -0.39 is 0 Å². The summed E-state index contributed by atoms with van der Waals surface area (Å²) in [5, 5.41) is 0. The van der Waals surface area contributed by atoms with E-state index in [1.165, 1.54) is 0 Å². The van der Waals surface area contributed by atoms with Crippen LogP contribution in [0.25, 0.3) is 0 Å². The number of fused-ring (bicyclic) bond motifs is 7. The highest BCUT2D eigenvalue weighted by atomic mass is 14.6. The summed E-state index contributed by atoms with van der Waals surface area (Å²) >= 11 is 0. The second kappa shape index (κ2) is 14.7. The molecule has 0 aliphatic heterocycles. The third-order valence-electron chi connectivity index (χ3n) is 20.5. The Balaban J connectivity index is 0.948. The van der Waals surface area contributed by atoms with Gasteiger partial charge in [0.25, 0.3) is 0 Å². The molecule has 49 heavy (non-hydrogen) atoms. The van der Waals surface area contributed by atoms with Gasteiger partial charge in [-0.3, -0.25) is 0 Å². The molecule has 0 N–H and O–H groups in total. The molecule has 0 nitrogen and oxygen atoms in total. The molecular formula is C49H80. The van der Waals surface area contributed by atoms with Crippen molar-refractivity contribution in [2.75, 3.05) is 0 Å². The summed E-state index contributed by atoms with van der Waals surface area (Å²) < 4.78 is 0. The molecule has 0 amide bonds. The summed E-state index contributed by atoms with van der Waals surface area (Å²) in [4.78, 5) is 0. The molecule has 16 unspecified atom stereocenters. The zero-order chi connectivity index (χ0) is 32.3. The van der Waals surface area contributed by atoms with Gasteiger partial charge in [-0.2, -0.15) is 0 Å². The number of rotatable bonds is 4. The van der Waals surface area contributed by atoms with E-state index in [2.05, 4.69) is 0 Å². The molecule has 16 atom stereocenters. The molecule has 0 saturated heterocycles. The Morgan fingerprint density at radius 2 is 0.551 bits per heavy atom. The molecule has 10 saturated carbocycles. The summed E-state index contributed by atoms with van der Waals surface area (Å²) in [6.45, 7) is 0. The van der Waals surface area contributed by atoms with Crippen LogP contribution in [0.15, 0.2) is 0 Å². The zero-order valence-electron chi connectivity index (χ0n) is 32.3. The molecule has 0 aromatic rings. The largest absolute Gasteiger partial charge is 0.0533 e. The normalized spacial score (nSPS) is 53.8. The van der Waals surface area contributed by atoms with Crippen molar-refractivity contribution in [3.05, 3.63) is 0 Å². The van der Waals surface area contributed by atoms with Crippen molar-refractivity contribution in [2.24, 2.45) is 107 Å². The van der Waals surface area contributed by atoms with E-state index in [9.17, 15) is 0 Å². The van der Waals surface area contributed by atoms with Crippen molar-refractivity contribution in [3.63, 3.8) is 0 Å². The van der Waals surface area contributed by atoms with Gasteiger partial charge in [0.15, 0.2) is 0 Å². The molecule has 0 heteroatoms. The van der Waals surface area contributed by atoms with Crippen LogP contribution in [0.1, 0.15) is 199 Å². The van der Waals surface area contributed by atoms with Gasteiger partial charge in [-0.25, -0.2) is 0 Å². The van der Waals surface area contributed by atoms with Crippen LogP contribution >= 0.6 is 0 Å². The summed E-state index contributed by atoms with van der Waals surface area (Å²) in [5.41, 5.74) is 0. The van der Waals surface area contributed by atoms with Crippen molar-refractivity contribution in [1.82, 2.24) is 0 Å². The van der Waals surface area contributed by atoms with Crippen LogP contribution < -0.4 is 0 Å². The van der Waals surface area contributed by atoms with Crippen LogP contribution in [0, 0.1) is 107 Å². The molecule has 0 heterocycles. The molecule has 0 bridgehead atoms. The van der Waals surface area contributed by atoms with Gasteiger partial charge in [-0.15, -0.1) is 0 Å². The van der Waals surface area contributed by atoms with Gasteiger partial charge in [0.1, 0.15) is 0 Å². The smallest absolute Gasteiger partial charge is 0.0318 e. The standard InChI is InChI=1S/C49H80/c1-2-12-34(13-3-1)44-24-25-46(49-47(44)31-40-23-20-35-14-8-9-17-45(35)48(40)49)43-29-41(38-21-18-32-10-4-6-15-36(32)26-38)28-42(30-43)39-22-19-33-11-5-7-16-37(33)27-39/h32-49H,1-31H2. The Morgan fingerprint density at radius 3 is 1.20 bits per heavy atom. The first kappa shape index (κ1) is 33.6. The van der Waals surface area contributed by atoms with Gasteiger partial charge in [-0.05, 0) is 203 Å². The highest BCUT2D eigenvalue weighted by molar-refractivity contribution is 5.08. The first-order valence-corrected chi connectivity index (χ1v) is 24.3. The van der Waals surface area contributed by atoms with Gasteiger partial charge in [0.05, 0.1) is 0 Å². The van der Waals surface area contributed by atoms with E-state index in [1.807, 2.05) is 0 Å². The van der Waals surface area contributed by atoms with Crippen molar-refractivity contribution in [1.29, 1.82) is 0 Å². The second-order valence-corrected chi connectivity index (χ2v) is 22.1. The van der Waals surface area contributed by atoms with E-state index in [0.29, 0.717) is 0 Å². The first-order chi connectivity index (χ1) is 24.3. The maximum absolute atomic E-state index is 1.70. The Labute approximate surface area is 304 Å². The van der Waals surface area contributed by atoms with Crippen LogP contribution in [0.5, 0.6) is 0 Å². The van der Waals surface area contributed by atoms with Gasteiger partial charge in [0, 0.05) is 0 Å². The summed E-state index contributed by atoms with van der Waals surface area (Å²) in [7, 11) is 0. The van der Waals surface area contributed by atoms with E-state index in [-0.39, 0.29) is 0 Å². The summed E-state index contributed by atoms with van der Waals surface area (Å²) in [5.74, 6) is 20.3. The van der Waals surface area contributed by atoms with Crippen molar-refractivity contribution < 1.29 is 0 Å². The number of hydrogen-bond donors (Lipinski definition) is 0. The molecule has 10 rings (SSSR count). The van der Waals surface area contributed by atoms with Crippen molar-refractivity contribution in [3.8, 4) is 0 Å². The van der Waals surface area contributed by atoms with E-state index in [0.717, 1.165) is 107 Å². The predicted molar refractivity (Wildman–Crippen MR) is 206 cm³/mol. The Kier molecular flexibility index (Phi) is 10.1. The van der Waals surface area contributed by atoms with Gasteiger partial charge < -0.3 is 0 Å². The first-order valence-electron chi connectivity index (χ1n) is 24.3. The molecule has 0 aromatic carbocycles. The van der Waals surface area contributed by atoms with Crippen molar-refractivity contribution in [2.45, 2.75) is 199 Å². The summed E-state index contributed by atoms with van der Waals surface area (Å²) in [6.07, 6.45) is 50.2. The van der Waals surface area contributed by atoms with E-state index in [4.69, 9.17) is 0 Å². The molecule has 10 aliphatic carbocycles. The maximum atomic E-state index is 1.70. The minimum absolute atomic E-state index is 1.11. The van der Waals surface area contributed by atoms with Crippen molar-refractivity contribution >= 4 is 0 Å². The third-order valence-corrected chi connectivity index (χ3v) is 20.5. The fourth-order valence-electron chi connectivity index (χ4n) is 18.5. The minimum atomic E-state index is 1.11.